The third-order valence-corrected chi connectivity index (χ3v) is 6.57. The minimum Gasteiger partial charge on any atom is -0.352 e. The summed E-state index contributed by atoms with van der Waals surface area (Å²) in [5.41, 5.74) is 0.900. The van der Waals surface area contributed by atoms with Gasteiger partial charge in [-0.3, -0.25) is 4.79 Å². The lowest BCUT2D eigenvalue weighted by Crippen LogP contribution is -2.31. The average molecular weight is 369 g/mol. The number of nitrogens with zero attached hydrogens (tertiary/aromatic N) is 1. The Kier molecular flexibility index (Phi) is 9.14. The molecule has 0 radical (unpaired) electrons. The summed E-state index contributed by atoms with van der Waals surface area (Å²) in [6, 6.07) is 6.76. The topological polar surface area (TPSA) is 66.5 Å². The molecule has 1 atom stereocenters. The first-order valence-corrected chi connectivity index (χ1v) is 10.7. The SMILES string of the molecule is CCCCC(CC)C(=O)NCc1ccc(S(=O)(=O)N(CC)CC)cc1. The molecule has 1 rings (SSSR count). The number of carbonyl (C=O) groups excluding carboxylic acids is 1. The predicted octanol–water partition coefficient (Wildman–Crippen LogP) is 3.55. The summed E-state index contributed by atoms with van der Waals surface area (Å²) in [5, 5.41) is 2.96. The first-order chi connectivity index (χ1) is 11.9. The van der Waals surface area contributed by atoms with Crippen molar-refractivity contribution >= 4 is 15.9 Å². The van der Waals surface area contributed by atoms with E-state index in [0.717, 1.165) is 31.2 Å². The Bertz CT molecular complexity index is 623. The van der Waals surface area contributed by atoms with Gasteiger partial charge in [-0.25, -0.2) is 8.42 Å². The fourth-order valence-corrected chi connectivity index (χ4v) is 4.25. The second kappa shape index (κ2) is 10.6. The second-order valence-electron chi connectivity index (χ2n) is 6.20. The molecule has 0 aliphatic heterocycles. The van der Waals surface area contributed by atoms with Gasteiger partial charge < -0.3 is 5.32 Å². The van der Waals surface area contributed by atoms with Gasteiger partial charge in [0.15, 0.2) is 0 Å². The van der Waals surface area contributed by atoms with E-state index >= 15 is 0 Å². The van der Waals surface area contributed by atoms with Gasteiger partial charge in [0.2, 0.25) is 15.9 Å². The zero-order chi connectivity index (χ0) is 18.9. The van der Waals surface area contributed by atoms with Crippen LogP contribution >= 0.6 is 0 Å². The lowest BCUT2D eigenvalue weighted by atomic mass is 9.98. The van der Waals surface area contributed by atoms with E-state index in [2.05, 4.69) is 12.2 Å². The fraction of sp³-hybridized carbons (Fsp3) is 0.632. The van der Waals surface area contributed by atoms with Crippen molar-refractivity contribution in [2.75, 3.05) is 13.1 Å². The summed E-state index contributed by atoms with van der Waals surface area (Å²) in [4.78, 5) is 12.5. The van der Waals surface area contributed by atoms with Gasteiger partial charge in [-0.1, -0.05) is 52.7 Å². The Labute approximate surface area is 152 Å². The number of carbonyl (C=O) groups is 1. The number of unbranched alkanes of at least 4 members (excludes halogenated alkanes) is 1. The van der Waals surface area contributed by atoms with Crippen LogP contribution in [0, 0.1) is 5.92 Å². The highest BCUT2D eigenvalue weighted by atomic mass is 32.2. The molecule has 5 nitrogen and oxygen atoms in total. The van der Waals surface area contributed by atoms with Crippen LogP contribution in [0.1, 0.15) is 58.9 Å². The third-order valence-electron chi connectivity index (χ3n) is 4.50. The molecule has 0 aliphatic rings. The van der Waals surface area contributed by atoms with E-state index in [1.54, 1.807) is 24.3 Å². The summed E-state index contributed by atoms with van der Waals surface area (Å²) in [7, 11) is -3.43. The van der Waals surface area contributed by atoms with Crippen molar-refractivity contribution < 1.29 is 13.2 Å². The first kappa shape index (κ1) is 21.6. The zero-order valence-electron chi connectivity index (χ0n) is 15.9. The number of benzene rings is 1. The third kappa shape index (κ3) is 6.12. The molecule has 1 N–H and O–H groups in total. The summed E-state index contributed by atoms with van der Waals surface area (Å²) in [5.74, 6) is 0.137. The van der Waals surface area contributed by atoms with Crippen LogP contribution in [0.5, 0.6) is 0 Å². The smallest absolute Gasteiger partial charge is 0.243 e. The van der Waals surface area contributed by atoms with E-state index in [9.17, 15) is 13.2 Å². The number of amides is 1. The molecule has 6 heteroatoms. The van der Waals surface area contributed by atoms with Crippen LogP contribution in [-0.4, -0.2) is 31.7 Å². The highest BCUT2D eigenvalue weighted by Crippen LogP contribution is 2.17. The van der Waals surface area contributed by atoms with Gasteiger partial charge in [-0.05, 0) is 30.5 Å². The molecule has 0 saturated heterocycles. The van der Waals surface area contributed by atoms with Gasteiger partial charge in [0, 0.05) is 25.6 Å². The van der Waals surface area contributed by atoms with Crippen molar-refractivity contribution in [1.82, 2.24) is 9.62 Å². The molecule has 25 heavy (non-hydrogen) atoms. The van der Waals surface area contributed by atoms with E-state index in [1.165, 1.54) is 4.31 Å². The maximum atomic E-state index is 12.5. The Hall–Kier alpha value is -1.40. The van der Waals surface area contributed by atoms with Crippen molar-refractivity contribution in [3.63, 3.8) is 0 Å². The molecule has 0 bridgehead atoms. The van der Waals surface area contributed by atoms with E-state index in [4.69, 9.17) is 0 Å². The molecule has 1 aromatic rings. The summed E-state index contributed by atoms with van der Waals surface area (Å²) in [6.45, 7) is 9.14. The Morgan fingerprint density at radius 1 is 1.08 bits per heavy atom. The monoisotopic (exact) mass is 368 g/mol. The lowest BCUT2D eigenvalue weighted by molar-refractivity contribution is -0.125. The molecule has 0 aliphatic carbocycles. The average Bonchev–Trinajstić information content (AvgIpc) is 2.61. The highest BCUT2D eigenvalue weighted by Gasteiger charge is 2.21. The highest BCUT2D eigenvalue weighted by molar-refractivity contribution is 7.89. The largest absolute Gasteiger partial charge is 0.352 e. The van der Waals surface area contributed by atoms with Crippen LogP contribution in [0.4, 0.5) is 0 Å². The molecule has 0 fully saturated rings. The molecule has 1 aromatic carbocycles. The molecular formula is C19H32N2O3S. The van der Waals surface area contributed by atoms with Gasteiger partial charge in [0.05, 0.1) is 4.90 Å². The maximum Gasteiger partial charge on any atom is 0.243 e. The van der Waals surface area contributed by atoms with Crippen LogP contribution < -0.4 is 5.32 Å². The molecule has 1 unspecified atom stereocenters. The first-order valence-electron chi connectivity index (χ1n) is 9.27. The Balaban J connectivity index is 2.70. The number of sulfonamides is 1. The van der Waals surface area contributed by atoms with Crippen molar-refractivity contribution in [1.29, 1.82) is 0 Å². The summed E-state index contributed by atoms with van der Waals surface area (Å²) >= 11 is 0. The molecular weight excluding hydrogens is 336 g/mol. The van der Waals surface area contributed by atoms with Crippen LogP contribution in [0.3, 0.4) is 0 Å². The molecule has 0 spiro atoms. The summed E-state index contributed by atoms with van der Waals surface area (Å²) < 4.78 is 26.3. The maximum absolute atomic E-state index is 12.5. The fourth-order valence-electron chi connectivity index (χ4n) is 2.80. The zero-order valence-corrected chi connectivity index (χ0v) is 16.7. The van der Waals surface area contributed by atoms with Gasteiger partial charge in [-0.15, -0.1) is 0 Å². The molecule has 0 heterocycles. The normalized spacial score (nSPS) is 13.0. The van der Waals surface area contributed by atoms with E-state index in [1.807, 2.05) is 20.8 Å². The molecule has 142 valence electrons. The van der Waals surface area contributed by atoms with Gasteiger partial charge in [-0.2, -0.15) is 4.31 Å². The van der Waals surface area contributed by atoms with Crippen LogP contribution in [-0.2, 0) is 21.4 Å². The quantitative estimate of drug-likeness (QED) is 0.649. The van der Waals surface area contributed by atoms with E-state index in [0.29, 0.717) is 24.5 Å². The van der Waals surface area contributed by atoms with Gasteiger partial charge in [0.25, 0.3) is 0 Å². The second-order valence-corrected chi connectivity index (χ2v) is 8.14. The predicted molar refractivity (Wildman–Crippen MR) is 102 cm³/mol. The number of rotatable bonds is 11. The van der Waals surface area contributed by atoms with Crippen LogP contribution in [0.2, 0.25) is 0 Å². The van der Waals surface area contributed by atoms with E-state index in [-0.39, 0.29) is 11.8 Å². The van der Waals surface area contributed by atoms with Crippen LogP contribution in [0.15, 0.2) is 29.2 Å². The van der Waals surface area contributed by atoms with Crippen molar-refractivity contribution in [3.05, 3.63) is 29.8 Å². The molecule has 0 saturated carbocycles. The van der Waals surface area contributed by atoms with Crippen molar-refractivity contribution in [3.8, 4) is 0 Å². The Morgan fingerprint density at radius 3 is 2.16 bits per heavy atom. The number of nitrogens with one attached hydrogen (secondary N) is 1. The standard InChI is InChI=1S/C19H32N2O3S/c1-5-9-10-17(6-2)19(22)20-15-16-11-13-18(14-12-16)25(23,24)21(7-3)8-4/h11-14,17H,5-10,15H2,1-4H3,(H,20,22). The summed E-state index contributed by atoms with van der Waals surface area (Å²) in [6.07, 6.45) is 3.91. The van der Waals surface area contributed by atoms with Crippen LogP contribution in [0.25, 0.3) is 0 Å². The van der Waals surface area contributed by atoms with Crippen molar-refractivity contribution in [2.24, 2.45) is 5.92 Å². The van der Waals surface area contributed by atoms with E-state index < -0.39 is 10.0 Å². The van der Waals surface area contributed by atoms with Gasteiger partial charge >= 0.3 is 0 Å². The molecule has 0 aromatic heterocycles. The Morgan fingerprint density at radius 2 is 1.68 bits per heavy atom. The van der Waals surface area contributed by atoms with Crippen molar-refractivity contribution in [2.45, 2.75) is 64.8 Å². The minimum atomic E-state index is -3.43. The lowest BCUT2D eigenvalue weighted by Gasteiger charge is -2.18. The van der Waals surface area contributed by atoms with Gasteiger partial charge in [0.1, 0.15) is 0 Å². The number of hydrogen-bond donors (Lipinski definition) is 1. The molecule has 1 amide bonds. The minimum absolute atomic E-state index is 0.0577. The number of hydrogen-bond acceptors (Lipinski definition) is 3.